The molecular weight excluding hydrogens is 318 g/mol. The highest BCUT2D eigenvalue weighted by molar-refractivity contribution is 6.20. The first kappa shape index (κ1) is 16.8. The van der Waals surface area contributed by atoms with Crippen molar-refractivity contribution in [3.8, 4) is 0 Å². The maximum absolute atomic E-state index is 12.2. The maximum Gasteiger partial charge on any atom is 0.280 e. The average molecular weight is 337 g/mol. The first-order valence-electron chi connectivity index (χ1n) is 8.18. The zero-order chi connectivity index (χ0) is 18.0. The molecule has 1 N–H and O–H groups in total. The van der Waals surface area contributed by atoms with E-state index in [9.17, 15) is 14.4 Å². The number of amides is 3. The molecule has 3 amide bonds. The Hall–Kier alpha value is -3.02. The van der Waals surface area contributed by atoms with Crippen molar-refractivity contribution in [1.82, 2.24) is 9.88 Å². The molecule has 0 spiro atoms. The van der Waals surface area contributed by atoms with Crippen LogP contribution in [0, 0.1) is 0 Å². The lowest BCUT2D eigenvalue weighted by Crippen LogP contribution is -2.33. The molecule has 0 unspecified atom stereocenters. The number of imide groups is 1. The Morgan fingerprint density at radius 2 is 1.84 bits per heavy atom. The van der Waals surface area contributed by atoms with Crippen LogP contribution in [0.1, 0.15) is 52.6 Å². The fourth-order valence-electron chi connectivity index (χ4n) is 2.71. The van der Waals surface area contributed by atoms with Crippen LogP contribution in [0.5, 0.6) is 0 Å². The molecule has 2 heterocycles. The van der Waals surface area contributed by atoms with Crippen LogP contribution >= 0.6 is 0 Å². The summed E-state index contributed by atoms with van der Waals surface area (Å²) in [5.74, 6) is -0.675. The number of anilines is 1. The molecule has 1 aromatic heterocycles. The molecule has 0 atom stereocenters. The van der Waals surface area contributed by atoms with Crippen molar-refractivity contribution in [1.29, 1.82) is 0 Å². The van der Waals surface area contributed by atoms with Gasteiger partial charge in [0, 0.05) is 24.8 Å². The molecule has 1 aliphatic heterocycles. The lowest BCUT2D eigenvalue weighted by molar-refractivity contribution is -0.116. The summed E-state index contributed by atoms with van der Waals surface area (Å²) in [7, 11) is 0. The largest absolute Gasteiger partial charge is 0.326 e. The monoisotopic (exact) mass is 337 g/mol. The van der Waals surface area contributed by atoms with Gasteiger partial charge in [-0.05, 0) is 35.7 Å². The number of rotatable bonds is 5. The van der Waals surface area contributed by atoms with Gasteiger partial charge in [0.2, 0.25) is 5.91 Å². The van der Waals surface area contributed by atoms with Gasteiger partial charge in [-0.2, -0.15) is 0 Å². The third-order valence-corrected chi connectivity index (χ3v) is 4.15. The molecule has 6 heteroatoms. The van der Waals surface area contributed by atoms with Crippen LogP contribution < -0.4 is 5.32 Å². The van der Waals surface area contributed by atoms with Crippen LogP contribution in [0.4, 0.5) is 5.69 Å². The van der Waals surface area contributed by atoms with Crippen molar-refractivity contribution in [3.05, 3.63) is 59.4 Å². The highest BCUT2D eigenvalue weighted by Gasteiger charge is 2.36. The van der Waals surface area contributed by atoms with E-state index in [-0.39, 0.29) is 30.1 Å². The van der Waals surface area contributed by atoms with E-state index in [2.05, 4.69) is 24.1 Å². The number of nitrogens with zero attached hydrogens (tertiary/aromatic N) is 2. The molecule has 3 rings (SSSR count). The van der Waals surface area contributed by atoms with Crippen molar-refractivity contribution in [3.63, 3.8) is 0 Å². The lowest BCUT2D eigenvalue weighted by atomic mass is 10.0. The van der Waals surface area contributed by atoms with Gasteiger partial charge in [-0.3, -0.25) is 24.3 Å². The molecule has 0 saturated heterocycles. The molecule has 2 aromatic rings. The van der Waals surface area contributed by atoms with Crippen molar-refractivity contribution in [2.75, 3.05) is 11.9 Å². The predicted octanol–water partition coefficient (Wildman–Crippen LogP) is 2.83. The minimum atomic E-state index is -0.449. The number of fused-ring (bicyclic) bond motifs is 1. The molecule has 25 heavy (non-hydrogen) atoms. The fraction of sp³-hybridized carbons (Fsp3) is 0.263. The molecule has 0 fully saturated rings. The van der Waals surface area contributed by atoms with Gasteiger partial charge in [0.25, 0.3) is 11.8 Å². The van der Waals surface area contributed by atoms with Crippen molar-refractivity contribution in [2.45, 2.75) is 26.2 Å². The molecule has 6 nitrogen and oxygen atoms in total. The number of carbonyl (C=O) groups excluding carboxylic acids is 3. The molecular formula is C19H19N3O3. The normalized spacial score (nSPS) is 13.3. The van der Waals surface area contributed by atoms with Gasteiger partial charge >= 0.3 is 0 Å². The Morgan fingerprint density at radius 1 is 1.12 bits per heavy atom. The van der Waals surface area contributed by atoms with Gasteiger partial charge in [0.05, 0.1) is 5.56 Å². The van der Waals surface area contributed by atoms with Crippen LogP contribution in [0.15, 0.2) is 42.6 Å². The predicted molar refractivity (Wildman–Crippen MR) is 93.4 cm³/mol. The number of nitrogens with one attached hydrogen (secondary N) is 1. The van der Waals surface area contributed by atoms with Crippen LogP contribution in [0.3, 0.4) is 0 Å². The number of carbonyl (C=O) groups is 3. The summed E-state index contributed by atoms with van der Waals surface area (Å²) in [4.78, 5) is 41.5. The molecule has 1 aliphatic rings. The number of pyridine rings is 1. The molecule has 1 aromatic carbocycles. The van der Waals surface area contributed by atoms with Gasteiger partial charge in [-0.25, -0.2) is 0 Å². The minimum absolute atomic E-state index is 0.0317. The Balaban J connectivity index is 1.58. The van der Waals surface area contributed by atoms with Crippen molar-refractivity contribution >= 4 is 23.4 Å². The summed E-state index contributed by atoms with van der Waals surface area (Å²) >= 11 is 0. The van der Waals surface area contributed by atoms with Crippen molar-refractivity contribution in [2.24, 2.45) is 0 Å². The number of hydrogen-bond acceptors (Lipinski definition) is 4. The second kappa shape index (κ2) is 6.84. The second-order valence-electron chi connectivity index (χ2n) is 6.24. The van der Waals surface area contributed by atoms with Crippen LogP contribution in [0.25, 0.3) is 0 Å². The minimum Gasteiger partial charge on any atom is -0.326 e. The topological polar surface area (TPSA) is 79.4 Å². The second-order valence-corrected chi connectivity index (χ2v) is 6.24. The third kappa shape index (κ3) is 3.42. The third-order valence-electron chi connectivity index (χ3n) is 4.15. The van der Waals surface area contributed by atoms with Gasteiger partial charge in [-0.1, -0.05) is 26.0 Å². The SMILES string of the molecule is CC(C)c1ccc(NC(=O)CCN2C(=O)c3cccnc3C2=O)cc1. The highest BCUT2D eigenvalue weighted by Crippen LogP contribution is 2.21. The van der Waals surface area contributed by atoms with Crippen LogP contribution in [0.2, 0.25) is 0 Å². The summed E-state index contributed by atoms with van der Waals surface area (Å²) in [6.45, 7) is 4.24. The number of benzene rings is 1. The number of hydrogen-bond donors (Lipinski definition) is 1. The Kier molecular flexibility index (Phi) is 4.61. The first-order chi connectivity index (χ1) is 12.0. The Bertz CT molecular complexity index is 793. The zero-order valence-corrected chi connectivity index (χ0v) is 14.2. The number of aromatic nitrogens is 1. The summed E-state index contributed by atoms with van der Waals surface area (Å²) in [6, 6.07) is 10.8. The van der Waals surface area contributed by atoms with E-state index < -0.39 is 11.8 Å². The maximum atomic E-state index is 12.2. The van der Waals surface area contributed by atoms with Crippen molar-refractivity contribution < 1.29 is 14.4 Å². The summed E-state index contributed by atoms with van der Waals surface area (Å²) in [5.41, 5.74) is 2.32. The highest BCUT2D eigenvalue weighted by atomic mass is 16.2. The fourth-order valence-corrected chi connectivity index (χ4v) is 2.71. The molecule has 0 radical (unpaired) electrons. The summed E-state index contributed by atoms with van der Waals surface area (Å²) in [6.07, 6.45) is 1.51. The Labute approximate surface area is 145 Å². The van der Waals surface area contributed by atoms with Gasteiger partial charge in [0.15, 0.2) is 0 Å². The van der Waals surface area contributed by atoms with Gasteiger partial charge < -0.3 is 5.32 Å². The summed E-state index contributed by atoms with van der Waals surface area (Å²) in [5, 5.41) is 2.78. The van der Waals surface area contributed by atoms with E-state index >= 15 is 0 Å². The lowest BCUT2D eigenvalue weighted by Gasteiger charge is -2.13. The molecule has 0 bridgehead atoms. The van der Waals surface area contributed by atoms with E-state index in [1.165, 1.54) is 11.8 Å². The summed E-state index contributed by atoms with van der Waals surface area (Å²) < 4.78 is 0. The standard InChI is InChI=1S/C19H19N3O3/c1-12(2)13-5-7-14(8-6-13)21-16(23)9-11-22-18(24)15-4-3-10-20-17(15)19(22)25/h3-8,10,12H,9,11H2,1-2H3,(H,21,23). The van der Waals surface area contributed by atoms with E-state index in [0.717, 1.165) is 4.90 Å². The quantitative estimate of drug-likeness (QED) is 0.851. The van der Waals surface area contributed by atoms with Crippen LogP contribution in [-0.4, -0.2) is 34.2 Å². The van der Waals surface area contributed by atoms with E-state index in [4.69, 9.17) is 0 Å². The Morgan fingerprint density at radius 3 is 2.48 bits per heavy atom. The van der Waals surface area contributed by atoms with E-state index in [0.29, 0.717) is 11.6 Å². The van der Waals surface area contributed by atoms with Crippen LogP contribution in [-0.2, 0) is 4.79 Å². The molecule has 0 aliphatic carbocycles. The van der Waals surface area contributed by atoms with Gasteiger partial charge in [-0.15, -0.1) is 0 Å². The van der Waals surface area contributed by atoms with E-state index in [1.807, 2.05) is 24.3 Å². The zero-order valence-electron chi connectivity index (χ0n) is 14.2. The van der Waals surface area contributed by atoms with E-state index in [1.54, 1.807) is 12.1 Å². The first-order valence-corrected chi connectivity index (χ1v) is 8.18. The average Bonchev–Trinajstić information content (AvgIpc) is 2.85. The van der Waals surface area contributed by atoms with Gasteiger partial charge in [0.1, 0.15) is 5.69 Å². The molecule has 0 saturated carbocycles. The smallest absolute Gasteiger partial charge is 0.280 e. The molecule has 128 valence electrons.